The fraction of sp³-hybridized carbons (Fsp3) is 0.0556. The van der Waals surface area contributed by atoms with E-state index < -0.39 is 0 Å². The molecule has 0 fully saturated rings. The highest BCUT2D eigenvalue weighted by atomic mass is 15.3. The lowest BCUT2D eigenvalue weighted by molar-refractivity contribution is 0.947. The number of hydrogen-bond acceptors (Lipinski definition) is 4. The van der Waals surface area contributed by atoms with E-state index in [2.05, 4.69) is 46.3 Å². The van der Waals surface area contributed by atoms with Gasteiger partial charge in [-0.3, -0.25) is 4.98 Å². The quantitative estimate of drug-likeness (QED) is 0.616. The van der Waals surface area contributed by atoms with Crippen molar-refractivity contribution in [3.05, 3.63) is 66.6 Å². The van der Waals surface area contributed by atoms with Crippen molar-refractivity contribution in [2.45, 2.75) is 6.92 Å². The topological polar surface area (TPSA) is 69.1 Å². The van der Waals surface area contributed by atoms with Gasteiger partial charge in [-0.1, -0.05) is 35.9 Å². The zero-order valence-electron chi connectivity index (χ0n) is 12.6. The van der Waals surface area contributed by atoms with E-state index in [4.69, 9.17) is 5.73 Å². The number of nitrogens with two attached hydrogens (primary N) is 1. The summed E-state index contributed by atoms with van der Waals surface area (Å²) >= 11 is 0. The summed E-state index contributed by atoms with van der Waals surface area (Å²) in [6.07, 6.45) is 5.52. The summed E-state index contributed by atoms with van der Waals surface area (Å²) in [6, 6.07) is 14.0. The number of aromatic nitrogens is 4. The third-order valence-corrected chi connectivity index (χ3v) is 3.81. The predicted octanol–water partition coefficient (Wildman–Crippen LogP) is 3.35. The van der Waals surface area contributed by atoms with Crippen molar-refractivity contribution in [3.8, 4) is 22.4 Å². The molecule has 0 spiro atoms. The Balaban J connectivity index is 1.87. The van der Waals surface area contributed by atoms with Gasteiger partial charge in [-0.05, 0) is 24.6 Å². The molecule has 2 N–H and O–H groups in total. The van der Waals surface area contributed by atoms with Crippen LogP contribution in [0, 0.1) is 6.92 Å². The molecule has 0 amide bonds. The summed E-state index contributed by atoms with van der Waals surface area (Å²) in [6.45, 7) is 2.07. The minimum absolute atomic E-state index is 0.428. The van der Waals surface area contributed by atoms with E-state index in [9.17, 15) is 0 Å². The lowest BCUT2D eigenvalue weighted by Crippen LogP contribution is -1.92. The molecular weight excluding hydrogens is 286 g/mol. The standard InChI is InChI=1S/C18H15N5/c1-12-5-7-13(8-6-12)14-10-21-18-16(15-4-2-3-9-20-15)17(19)22-23(18)11-14/h2-11H,1H3,(H2,19,22). The van der Waals surface area contributed by atoms with Gasteiger partial charge in [0.2, 0.25) is 0 Å². The van der Waals surface area contributed by atoms with Crippen molar-refractivity contribution < 1.29 is 0 Å². The van der Waals surface area contributed by atoms with Crippen LogP contribution in [-0.4, -0.2) is 19.6 Å². The van der Waals surface area contributed by atoms with Gasteiger partial charge in [0.05, 0.1) is 11.3 Å². The molecule has 5 nitrogen and oxygen atoms in total. The molecular formula is C18H15N5. The molecule has 0 unspecified atom stereocenters. The maximum atomic E-state index is 6.08. The van der Waals surface area contributed by atoms with Gasteiger partial charge in [-0.15, -0.1) is 5.10 Å². The third kappa shape index (κ3) is 2.32. The second-order valence-electron chi connectivity index (χ2n) is 5.45. The van der Waals surface area contributed by atoms with Crippen LogP contribution in [0.1, 0.15) is 5.56 Å². The Morgan fingerprint density at radius 1 is 0.957 bits per heavy atom. The largest absolute Gasteiger partial charge is 0.382 e. The van der Waals surface area contributed by atoms with Crippen LogP contribution in [-0.2, 0) is 0 Å². The van der Waals surface area contributed by atoms with Gasteiger partial charge >= 0.3 is 0 Å². The van der Waals surface area contributed by atoms with Crippen molar-refractivity contribution in [1.82, 2.24) is 19.6 Å². The van der Waals surface area contributed by atoms with Gasteiger partial charge < -0.3 is 5.73 Å². The van der Waals surface area contributed by atoms with E-state index >= 15 is 0 Å². The zero-order valence-corrected chi connectivity index (χ0v) is 12.6. The smallest absolute Gasteiger partial charge is 0.166 e. The molecule has 0 radical (unpaired) electrons. The van der Waals surface area contributed by atoms with Crippen LogP contribution in [0.15, 0.2) is 61.1 Å². The second-order valence-corrected chi connectivity index (χ2v) is 5.45. The summed E-state index contributed by atoms with van der Waals surface area (Å²) < 4.78 is 1.72. The fourth-order valence-corrected chi connectivity index (χ4v) is 2.60. The molecule has 3 heterocycles. The number of rotatable bonds is 2. The minimum atomic E-state index is 0.428. The van der Waals surface area contributed by atoms with Crippen molar-refractivity contribution >= 4 is 11.5 Å². The van der Waals surface area contributed by atoms with E-state index in [-0.39, 0.29) is 0 Å². The third-order valence-electron chi connectivity index (χ3n) is 3.81. The van der Waals surface area contributed by atoms with Crippen molar-refractivity contribution in [1.29, 1.82) is 0 Å². The SMILES string of the molecule is Cc1ccc(-c2cnc3c(-c4ccccn4)c(N)nn3c2)cc1. The van der Waals surface area contributed by atoms with Gasteiger partial charge in [0, 0.05) is 24.2 Å². The Morgan fingerprint density at radius 2 is 1.78 bits per heavy atom. The highest BCUT2D eigenvalue weighted by Gasteiger charge is 2.15. The number of nitrogen functional groups attached to an aromatic ring is 1. The Kier molecular flexibility index (Phi) is 3.05. The molecule has 0 aliphatic carbocycles. The van der Waals surface area contributed by atoms with Crippen LogP contribution in [0.2, 0.25) is 0 Å². The lowest BCUT2D eigenvalue weighted by Gasteiger charge is -2.03. The first-order valence-electron chi connectivity index (χ1n) is 7.35. The molecule has 0 saturated carbocycles. The van der Waals surface area contributed by atoms with Crippen molar-refractivity contribution in [2.24, 2.45) is 0 Å². The van der Waals surface area contributed by atoms with Gasteiger partial charge in [0.15, 0.2) is 11.5 Å². The number of hydrogen-bond donors (Lipinski definition) is 1. The average molecular weight is 301 g/mol. The summed E-state index contributed by atoms with van der Waals surface area (Å²) in [4.78, 5) is 8.91. The molecule has 0 saturated heterocycles. The number of fused-ring (bicyclic) bond motifs is 1. The number of nitrogens with zero attached hydrogens (tertiary/aromatic N) is 4. The van der Waals surface area contributed by atoms with Crippen LogP contribution in [0.3, 0.4) is 0 Å². The normalized spacial score (nSPS) is 11.0. The number of pyridine rings is 1. The van der Waals surface area contributed by atoms with Crippen LogP contribution in [0.25, 0.3) is 28.0 Å². The van der Waals surface area contributed by atoms with Crippen LogP contribution >= 0.6 is 0 Å². The average Bonchev–Trinajstić information content (AvgIpc) is 2.91. The Hall–Kier alpha value is -3.21. The number of benzene rings is 1. The first-order chi connectivity index (χ1) is 11.2. The molecule has 112 valence electrons. The molecule has 5 heteroatoms. The molecule has 0 bridgehead atoms. The van der Waals surface area contributed by atoms with Crippen molar-refractivity contribution in [3.63, 3.8) is 0 Å². The van der Waals surface area contributed by atoms with Gasteiger partial charge in [-0.25, -0.2) is 9.50 Å². The van der Waals surface area contributed by atoms with E-state index in [1.54, 1.807) is 10.7 Å². The highest BCUT2D eigenvalue weighted by Crippen LogP contribution is 2.28. The molecule has 4 rings (SSSR count). The predicted molar refractivity (Wildman–Crippen MR) is 90.8 cm³/mol. The molecule has 0 aliphatic rings. The van der Waals surface area contributed by atoms with Crippen LogP contribution < -0.4 is 5.73 Å². The van der Waals surface area contributed by atoms with E-state index in [0.29, 0.717) is 11.5 Å². The van der Waals surface area contributed by atoms with Crippen LogP contribution in [0.5, 0.6) is 0 Å². The summed E-state index contributed by atoms with van der Waals surface area (Å²) in [5.74, 6) is 0.428. The maximum Gasteiger partial charge on any atom is 0.166 e. The van der Waals surface area contributed by atoms with E-state index in [1.807, 2.05) is 30.6 Å². The van der Waals surface area contributed by atoms with Gasteiger partial charge in [-0.2, -0.15) is 0 Å². The Labute approximate surface area is 133 Å². The van der Waals surface area contributed by atoms with Crippen molar-refractivity contribution in [2.75, 3.05) is 5.73 Å². The van der Waals surface area contributed by atoms with E-state index in [1.165, 1.54) is 5.56 Å². The minimum Gasteiger partial charge on any atom is -0.382 e. The molecule has 3 aromatic heterocycles. The van der Waals surface area contributed by atoms with Crippen LogP contribution in [0.4, 0.5) is 5.82 Å². The molecule has 0 aliphatic heterocycles. The number of aryl methyl sites for hydroxylation is 1. The second kappa shape index (κ2) is 5.21. The Morgan fingerprint density at radius 3 is 2.52 bits per heavy atom. The fourth-order valence-electron chi connectivity index (χ4n) is 2.60. The zero-order chi connectivity index (χ0) is 15.8. The van der Waals surface area contributed by atoms with Gasteiger partial charge in [0.1, 0.15) is 0 Å². The van der Waals surface area contributed by atoms with Gasteiger partial charge in [0.25, 0.3) is 0 Å². The molecule has 1 aromatic carbocycles. The first-order valence-corrected chi connectivity index (χ1v) is 7.35. The summed E-state index contributed by atoms with van der Waals surface area (Å²) in [5.41, 5.74) is 11.6. The molecule has 4 aromatic rings. The molecule has 23 heavy (non-hydrogen) atoms. The first kappa shape index (κ1) is 13.5. The Bertz CT molecular complexity index is 972. The van der Waals surface area contributed by atoms with E-state index in [0.717, 1.165) is 22.4 Å². The lowest BCUT2D eigenvalue weighted by atomic mass is 10.1. The summed E-state index contributed by atoms with van der Waals surface area (Å²) in [7, 11) is 0. The molecule has 0 atom stereocenters. The summed E-state index contributed by atoms with van der Waals surface area (Å²) in [5, 5.41) is 4.39. The monoisotopic (exact) mass is 301 g/mol. The highest BCUT2D eigenvalue weighted by molar-refractivity contribution is 5.84. The number of anilines is 1. The maximum absolute atomic E-state index is 6.08.